The molecular weight excluding hydrogens is 442 g/mol. The van der Waals surface area contributed by atoms with Crippen LogP contribution in [0.2, 0.25) is 5.02 Å². The Bertz CT molecular complexity index is 1070. The molecule has 7 heteroatoms. The second-order valence-corrected chi connectivity index (χ2v) is 10.7. The van der Waals surface area contributed by atoms with Crippen molar-refractivity contribution in [3.63, 3.8) is 0 Å². The van der Waals surface area contributed by atoms with E-state index in [1.807, 2.05) is 12.1 Å². The second-order valence-electron chi connectivity index (χ2n) is 9.05. The Morgan fingerprint density at radius 2 is 2.12 bits per heavy atom. The molecule has 1 aromatic rings. The zero-order valence-corrected chi connectivity index (χ0v) is 19.4. The summed E-state index contributed by atoms with van der Waals surface area (Å²) in [6, 6.07) is 6.22. The van der Waals surface area contributed by atoms with Crippen LogP contribution < -0.4 is 5.32 Å². The molecule has 0 spiro atoms. The van der Waals surface area contributed by atoms with E-state index in [0.717, 1.165) is 47.6 Å². The van der Waals surface area contributed by atoms with Gasteiger partial charge in [-0.25, -0.2) is 0 Å². The van der Waals surface area contributed by atoms with E-state index in [9.17, 15) is 4.79 Å². The number of amides is 1. The summed E-state index contributed by atoms with van der Waals surface area (Å²) in [4.78, 5) is 20.1. The number of nitrogens with one attached hydrogen (secondary N) is 1. The molecule has 2 aliphatic heterocycles. The van der Waals surface area contributed by atoms with Crippen molar-refractivity contribution in [2.75, 3.05) is 26.3 Å². The average molecular weight is 468 g/mol. The molecule has 32 heavy (non-hydrogen) atoms. The number of aliphatic imine (C=N–C) groups is 1. The van der Waals surface area contributed by atoms with E-state index in [4.69, 9.17) is 21.3 Å². The third-order valence-electron chi connectivity index (χ3n) is 7.13. The molecule has 1 amide bonds. The summed E-state index contributed by atoms with van der Waals surface area (Å²) >= 11 is 7.93. The summed E-state index contributed by atoms with van der Waals surface area (Å²) < 4.78 is 5.46. The Morgan fingerprint density at radius 1 is 1.25 bits per heavy atom. The number of hydrogen-bond acceptors (Lipinski definition) is 5. The van der Waals surface area contributed by atoms with Crippen LogP contribution in [-0.2, 0) is 9.53 Å². The molecule has 0 aromatic heterocycles. The summed E-state index contributed by atoms with van der Waals surface area (Å²) in [6.07, 6.45) is 11.7. The lowest BCUT2D eigenvalue weighted by molar-refractivity contribution is -0.118. The highest BCUT2D eigenvalue weighted by Crippen LogP contribution is 2.51. The van der Waals surface area contributed by atoms with Gasteiger partial charge in [0.15, 0.2) is 5.17 Å². The fraction of sp³-hybridized carbons (Fsp3) is 0.440. The van der Waals surface area contributed by atoms with Crippen LogP contribution >= 0.6 is 23.4 Å². The first-order valence-corrected chi connectivity index (χ1v) is 12.7. The number of ether oxygens (including phenoxy) is 1. The molecule has 5 nitrogen and oxygen atoms in total. The highest BCUT2D eigenvalue weighted by Gasteiger charge is 2.37. The maximum absolute atomic E-state index is 13.0. The Kier molecular flexibility index (Phi) is 5.40. The smallest absolute Gasteiger partial charge is 0.230 e. The lowest BCUT2D eigenvalue weighted by Crippen LogP contribution is -2.36. The minimum absolute atomic E-state index is 0.00814. The SMILES string of the molecule is O=C(CC1=CC2CCC2c2ccc(Cl)cc21)NC1=NC2C=CC(N3CCOCC3)=CC2S1. The van der Waals surface area contributed by atoms with E-state index in [1.165, 1.54) is 24.1 Å². The first-order chi connectivity index (χ1) is 15.6. The number of allylic oxidation sites excluding steroid dienone is 2. The van der Waals surface area contributed by atoms with E-state index in [2.05, 4.69) is 40.6 Å². The lowest BCUT2D eigenvalue weighted by atomic mass is 9.64. The van der Waals surface area contributed by atoms with Crippen molar-refractivity contribution in [1.82, 2.24) is 10.2 Å². The summed E-state index contributed by atoms with van der Waals surface area (Å²) in [6.45, 7) is 3.39. The van der Waals surface area contributed by atoms with Crippen molar-refractivity contribution in [3.8, 4) is 0 Å². The maximum Gasteiger partial charge on any atom is 0.230 e. The van der Waals surface area contributed by atoms with Gasteiger partial charge < -0.3 is 15.0 Å². The second kappa shape index (κ2) is 8.40. The number of halogens is 1. The Morgan fingerprint density at radius 3 is 2.94 bits per heavy atom. The Hall–Kier alpha value is -2.02. The first kappa shape index (κ1) is 20.6. The lowest BCUT2D eigenvalue weighted by Gasteiger charge is -2.40. The van der Waals surface area contributed by atoms with Gasteiger partial charge in [0.25, 0.3) is 0 Å². The van der Waals surface area contributed by atoms with Crippen LogP contribution in [0.1, 0.15) is 36.3 Å². The van der Waals surface area contributed by atoms with Gasteiger partial charge in [0.2, 0.25) is 5.91 Å². The van der Waals surface area contributed by atoms with Crippen molar-refractivity contribution in [3.05, 3.63) is 64.3 Å². The summed E-state index contributed by atoms with van der Waals surface area (Å²) in [5, 5.41) is 4.75. The molecule has 3 aliphatic carbocycles. The molecule has 2 fully saturated rings. The molecule has 0 bridgehead atoms. The van der Waals surface area contributed by atoms with Gasteiger partial charge in [-0.1, -0.05) is 41.6 Å². The minimum atomic E-state index is -0.00814. The highest BCUT2D eigenvalue weighted by molar-refractivity contribution is 8.14. The first-order valence-electron chi connectivity index (χ1n) is 11.4. The number of rotatable bonds is 3. The molecule has 166 valence electrons. The molecule has 1 N–H and O–H groups in total. The third-order valence-corrected chi connectivity index (χ3v) is 8.48. The minimum Gasteiger partial charge on any atom is -0.378 e. The molecule has 4 unspecified atom stereocenters. The molecular formula is C25H26ClN3O2S. The van der Waals surface area contributed by atoms with Crippen LogP contribution in [0.4, 0.5) is 0 Å². The van der Waals surface area contributed by atoms with E-state index in [1.54, 1.807) is 11.8 Å². The number of fused-ring (bicyclic) bond motifs is 4. The number of morpholine rings is 1. The summed E-state index contributed by atoms with van der Waals surface area (Å²) in [5.41, 5.74) is 4.82. The average Bonchev–Trinajstić information content (AvgIpc) is 3.18. The molecule has 0 radical (unpaired) electrons. The Balaban J connectivity index is 1.12. The van der Waals surface area contributed by atoms with Crippen LogP contribution in [0, 0.1) is 5.92 Å². The van der Waals surface area contributed by atoms with Gasteiger partial charge in [0.05, 0.1) is 30.9 Å². The maximum atomic E-state index is 13.0. The largest absolute Gasteiger partial charge is 0.378 e. The zero-order valence-electron chi connectivity index (χ0n) is 17.8. The third kappa shape index (κ3) is 3.82. The number of nitrogens with zero attached hydrogens (tertiary/aromatic N) is 2. The predicted octanol–water partition coefficient (Wildman–Crippen LogP) is 4.36. The van der Waals surface area contributed by atoms with Gasteiger partial charge in [0.1, 0.15) is 0 Å². The number of carbonyl (C=O) groups is 1. The van der Waals surface area contributed by atoms with E-state index < -0.39 is 0 Å². The molecule has 6 rings (SSSR count). The molecule has 5 aliphatic rings. The molecule has 1 aromatic carbocycles. The van der Waals surface area contributed by atoms with Crippen LogP contribution in [0.15, 0.2) is 53.2 Å². The van der Waals surface area contributed by atoms with E-state index >= 15 is 0 Å². The molecule has 1 saturated carbocycles. The van der Waals surface area contributed by atoms with E-state index in [0.29, 0.717) is 18.3 Å². The van der Waals surface area contributed by atoms with Crippen molar-refractivity contribution in [1.29, 1.82) is 0 Å². The van der Waals surface area contributed by atoms with E-state index in [-0.39, 0.29) is 17.2 Å². The molecule has 1 saturated heterocycles. The van der Waals surface area contributed by atoms with Crippen molar-refractivity contribution in [2.24, 2.45) is 10.9 Å². The van der Waals surface area contributed by atoms with Crippen LogP contribution in [0.3, 0.4) is 0 Å². The normalized spacial score (nSPS) is 30.3. The highest BCUT2D eigenvalue weighted by atomic mass is 35.5. The van der Waals surface area contributed by atoms with Gasteiger partial charge in [-0.2, -0.15) is 0 Å². The van der Waals surface area contributed by atoms with Gasteiger partial charge in [-0.15, -0.1) is 0 Å². The van der Waals surface area contributed by atoms with Gasteiger partial charge in [0, 0.05) is 23.8 Å². The Labute approximate surface area is 197 Å². The van der Waals surface area contributed by atoms with Gasteiger partial charge in [-0.05, 0) is 65.7 Å². The fourth-order valence-electron chi connectivity index (χ4n) is 5.32. The summed E-state index contributed by atoms with van der Waals surface area (Å²) in [7, 11) is 0. The fourth-order valence-corrected chi connectivity index (χ4v) is 6.60. The quantitative estimate of drug-likeness (QED) is 0.717. The van der Waals surface area contributed by atoms with Crippen LogP contribution in [-0.4, -0.2) is 53.6 Å². The topological polar surface area (TPSA) is 53.9 Å². The molecule has 4 atom stereocenters. The van der Waals surface area contributed by atoms with Crippen molar-refractivity contribution >= 4 is 40.0 Å². The number of carbonyl (C=O) groups excluding carboxylic acids is 1. The predicted molar refractivity (Wildman–Crippen MR) is 130 cm³/mol. The zero-order chi connectivity index (χ0) is 21.7. The van der Waals surface area contributed by atoms with Crippen LogP contribution in [0.25, 0.3) is 5.57 Å². The standard InChI is InChI=1S/C25H26ClN3O2S/c26-17-2-5-20-19-4-1-15(19)11-16(21(20)13-17)12-24(30)28-25-27-22-6-3-18(14-23(22)32-25)29-7-9-31-10-8-29/h2-3,5-6,11,13-15,19,22-23H,1,4,7-10,12H2,(H,27,28,30). The summed E-state index contributed by atoms with van der Waals surface area (Å²) in [5.74, 6) is 1.14. The molecule has 2 heterocycles. The number of amidine groups is 1. The van der Waals surface area contributed by atoms with Crippen molar-refractivity contribution < 1.29 is 9.53 Å². The monoisotopic (exact) mass is 467 g/mol. The van der Waals surface area contributed by atoms with Gasteiger partial charge in [-0.3, -0.25) is 9.79 Å². The number of benzene rings is 1. The van der Waals surface area contributed by atoms with Crippen molar-refractivity contribution in [2.45, 2.75) is 36.5 Å². The number of thioether (sulfide) groups is 1. The van der Waals surface area contributed by atoms with Gasteiger partial charge >= 0.3 is 0 Å². The number of hydrogen-bond donors (Lipinski definition) is 1. The van der Waals surface area contributed by atoms with Crippen LogP contribution in [0.5, 0.6) is 0 Å².